The Morgan fingerprint density at radius 2 is 2.00 bits per heavy atom. The number of benzene rings is 2. The normalized spacial score (nSPS) is 11.1. The largest absolute Gasteiger partial charge is 0.369 e. The number of imidazole rings is 1. The molecule has 1 aromatic heterocycles. The second kappa shape index (κ2) is 4.43. The summed E-state index contributed by atoms with van der Waals surface area (Å²) in [5, 5.41) is 0. The summed E-state index contributed by atoms with van der Waals surface area (Å²) >= 11 is 0. The van der Waals surface area contributed by atoms with Gasteiger partial charge in [-0.2, -0.15) is 0 Å². The minimum absolute atomic E-state index is 0.536. The molecular weight excluding hydrogens is 234 g/mol. The van der Waals surface area contributed by atoms with Crippen molar-refractivity contribution in [3.05, 3.63) is 53.6 Å². The smallest absolute Gasteiger partial charge is 0.205 e. The summed E-state index contributed by atoms with van der Waals surface area (Å²) in [5.74, 6) is 0.536. The number of anilines is 1. The van der Waals surface area contributed by atoms with E-state index >= 15 is 0 Å². The van der Waals surface area contributed by atoms with Crippen LogP contribution in [0.2, 0.25) is 0 Å². The lowest BCUT2D eigenvalue weighted by Gasteiger charge is -2.08. The van der Waals surface area contributed by atoms with Crippen LogP contribution in [0.1, 0.15) is 18.1 Å². The molecule has 0 spiro atoms. The van der Waals surface area contributed by atoms with Crippen molar-refractivity contribution in [2.45, 2.75) is 20.3 Å². The lowest BCUT2D eigenvalue weighted by atomic mass is 10.1. The van der Waals surface area contributed by atoms with E-state index in [0.29, 0.717) is 5.95 Å². The van der Waals surface area contributed by atoms with E-state index in [4.69, 9.17) is 5.73 Å². The summed E-state index contributed by atoms with van der Waals surface area (Å²) in [4.78, 5) is 4.43. The van der Waals surface area contributed by atoms with Crippen LogP contribution >= 0.6 is 0 Å². The third-order valence-corrected chi connectivity index (χ3v) is 3.41. The predicted molar refractivity (Wildman–Crippen MR) is 79.6 cm³/mol. The van der Waals surface area contributed by atoms with E-state index in [2.05, 4.69) is 55.2 Å². The summed E-state index contributed by atoms with van der Waals surface area (Å²) in [6.45, 7) is 4.23. The van der Waals surface area contributed by atoms with Crippen LogP contribution in [-0.4, -0.2) is 9.55 Å². The van der Waals surface area contributed by atoms with Gasteiger partial charge >= 0.3 is 0 Å². The fraction of sp³-hybridized carbons (Fsp3) is 0.188. The minimum atomic E-state index is 0.536. The van der Waals surface area contributed by atoms with E-state index in [9.17, 15) is 0 Å². The predicted octanol–water partition coefficient (Wildman–Crippen LogP) is 3.48. The van der Waals surface area contributed by atoms with Crippen molar-refractivity contribution in [2.75, 3.05) is 5.73 Å². The summed E-state index contributed by atoms with van der Waals surface area (Å²) in [6.07, 6.45) is 1.01. The topological polar surface area (TPSA) is 43.8 Å². The highest BCUT2D eigenvalue weighted by atomic mass is 15.2. The molecule has 0 amide bonds. The Morgan fingerprint density at radius 3 is 2.79 bits per heavy atom. The molecule has 0 saturated carbocycles. The number of hydrogen-bond acceptors (Lipinski definition) is 2. The second-order valence-electron chi connectivity index (χ2n) is 4.82. The SMILES string of the molecule is CCc1cccc(-n2c(N)nc3ccc(C)cc32)c1. The van der Waals surface area contributed by atoms with Gasteiger partial charge in [0.2, 0.25) is 5.95 Å². The van der Waals surface area contributed by atoms with Crippen molar-refractivity contribution in [1.82, 2.24) is 9.55 Å². The van der Waals surface area contributed by atoms with Crippen molar-refractivity contribution < 1.29 is 0 Å². The minimum Gasteiger partial charge on any atom is -0.369 e. The molecule has 0 fully saturated rings. The molecule has 0 aliphatic heterocycles. The zero-order valence-electron chi connectivity index (χ0n) is 11.2. The number of rotatable bonds is 2. The first-order chi connectivity index (χ1) is 9.19. The van der Waals surface area contributed by atoms with Crippen molar-refractivity contribution in [3.8, 4) is 5.69 Å². The van der Waals surface area contributed by atoms with E-state index in [1.165, 1.54) is 11.1 Å². The van der Waals surface area contributed by atoms with Crippen LogP contribution in [0.15, 0.2) is 42.5 Å². The number of hydrogen-bond donors (Lipinski definition) is 1. The molecule has 2 aromatic carbocycles. The van der Waals surface area contributed by atoms with E-state index < -0.39 is 0 Å². The van der Waals surface area contributed by atoms with Gasteiger partial charge in [-0.05, 0) is 48.7 Å². The molecule has 3 aromatic rings. The van der Waals surface area contributed by atoms with E-state index in [0.717, 1.165) is 23.1 Å². The Kier molecular flexibility index (Phi) is 2.75. The highest BCUT2D eigenvalue weighted by Gasteiger charge is 2.10. The molecule has 0 aliphatic carbocycles. The molecule has 0 unspecified atom stereocenters. The second-order valence-corrected chi connectivity index (χ2v) is 4.82. The molecule has 0 aliphatic rings. The van der Waals surface area contributed by atoms with Gasteiger partial charge in [0.15, 0.2) is 0 Å². The zero-order chi connectivity index (χ0) is 13.4. The monoisotopic (exact) mass is 251 g/mol. The number of nitrogens with two attached hydrogens (primary N) is 1. The fourth-order valence-corrected chi connectivity index (χ4v) is 2.39. The van der Waals surface area contributed by atoms with Crippen LogP contribution < -0.4 is 5.73 Å². The maximum atomic E-state index is 6.08. The Balaban J connectivity index is 2.28. The molecule has 19 heavy (non-hydrogen) atoms. The van der Waals surface area contributed by atoms with Gasteiger partial charge in [-0.1, -0.05) is 25.1 Å². The molecule has 1 heterocycles. The summed E-state index contributed by atoms with van der Waals surface area (Å²) in [5.41, 5.74) is 11.7. The van der Waals surface area contributed by atoms with Gasteiger partial charge in [-0.3, -0.25) is 4.57 Å². The Morgan fingerprint density at radius 1 is 1.16 bits per heavy atom. The zero-order valence-corrected chi connectivity index (χ0v) is 11.2. The molecule has 3 heteroatoms. The van der Waals surface area contributed by atoms with Crippen LogP contribution in [0.25, 0.3) is 16.7 Å². The average molecular weight is 251 g/mol. The third kappa shape index (κ3) is 1.97. The van der Waals surface area contributed by atoms with Crippen molar-refractivity contribution in [3.63, 3.8) is 0 Å². The van der Waals surface area contributed by atoms with Gasteiger partial charge in [0.05, 0.1) is 11.0 Å². The standard InChI is InChI=1S/C16H17N3/c1-3-12-5-4-6-13(10-12)19-15-9-11(2)7-8-14(15)18-16(19)17/h4-10H,3H2,1-2H3,(H2,17,18). The molecule has 96 valence electrons. The summed E-state index contributed by atoms with van der Waals surface area (Å²) in [6, 6.07) is 14.6. The third-order valence-electron chi connectivity index (χ3n) is 3.41. The maximum Gasteiger partial charge on any atom is 0.205 e. The molecule has 0 atom stereocenters. The molecule has 0 bridgehead atoms. The van der Waals surface area contributed by atoms with Crippen molar-refractivity contribution >= 4 is 17.0 Å². The first-order valence-electron chi connectivity index (χ1n) is 6.53. The number of nitrogens with zero attached hydrogens (tertiary/aromatic N) is 2. The maximum absolute atomic E-state index is 6.08. The van der Waals surface area contributed by atoms with Gasteiger partial charge in [-0.25, -0.2) is 4.98 Å². The summed E-state index contributed by atoms with van der Waals surface area (Å²) in [7, 11) is 0. The lowest BCUT2D eigenvalue weighted by Crippen LogP contribution is -2.01. The molecule has 0 saturated heterocycles. The van der Waals surface area contributed by atoms with Crippen molar-refractivity contribution in [2.24, 2.45) is 0 Å². The summed E-state index contributed by atoms with van der Waals surface area (Å²) < 4.78 is 2.02. The van der Waals surface area contributed by atoms with Crippen LogP contribution in [0.4, 0.5) is 5.95 Å². The number of aryl methyl sites for hydroxylation is 2. The van der Waals surface area contributed by atoms with Gasteiger partial charge < -0.3 is 5.73 Å². The molecule has 2 N–H and O–H groups in total. The molecule has 0 radical (unpaired) electrons. The Labute approximate surface area is 112 Å². The van der Waals surface area contributed by atoms with E-state index in [1.54, 1.807) is 0 Å². The fourth-order valence-electron chi connectivity index (χ4n) is 2.39. The molecular formula is C16H17N3. The van der Waals surface area contributed by atoms with Crippen LogP contribution in [-0.2, 0) is 6.42 Å². The van der Waals surface area contributed by atoms with E-state index in [-0.39, 0.29) is 0 Å². The Hall–Kier alpha value is -2.29. The molecule has 3 rings (SSSR count). The van der Waals surface area contributed by atoms with Gasteiger partial charge in [0, 0.05) is 5.69 Å². The van der Waals surface area contributed by atoms with E-state index in [1.807, 2.05) is 10.6 Å². The lowest BCUT2D eigenvalue weighted by molar-refractivity contribution is 1.08. The van der Waals surface area contributed by atoms with Gasteiger partial charge in [0.25, 0.3) is 0 Å². The highest BCUT2D eigenvalue weighted by Crippen LogP contribution is 2.24. The first kappa shape index (κ1) is 11.8. The average Bonchev–Trinajstić information content (AvgIpc) is 2.74. The number of fused-ring (bicyclic) bond motifs is 1. The number of nitrogen functional groups attached to an aromatic ring is 1. The van der Waals surface area contributed by atoms with Crippen LogP contribution in [0.5, 0.6) is 0 Å². The van der Waals surface area contributed by atoms with Crippen LogP contribution in [0.3, 0.4) is 0 Å². The first-order valence-corrected chi connectivity index (χ1v) is 6.53. The van der Waals surface area contributed by atoms with Gasteiger partial charge in [-0.15, -0.1) is 0 Å². The quantitative estimate of drug-likeness (QED) is 0.757. The van der Waals surface area contributed by atoms with Gasteiger partial charge in [0.1, 0.15) is 0 Å². The van der Waals surface area contributed by atoms with Crippen LogP contribution in [0, 0.1) is 6.92 Å². The Bertz CT molecular complexity index is 741. The number of aromatic nitrogens is 2. The van der Waals surface area contributed by atoms with Crippen molar-refractivity contribution in [1.29, 1.82) is 0 Å². The highest BCUT2D eigenvalue weighted by molar-refractivity contribution is 5.81. The molecule has 3 nitrogen and oxygen atoms in total.